The van der Waals surface area contributed by atoms with Gasteiger partial charge in [-0.05, 0) is 57.7 Å². The highest BCUT2D eigenvalue weighted by Crippen LogP contribution is 2.21. The second kappa shape index (κ2) is 15.3. The number of aryl methyl sites for hydroxylation is 1. The van der Waals surface area contributed by atoms with Crippen molar-refractivity contribution in [2.24, 2.45) is 4.99 Å². The number of nitrogens with zero attached hydrogens (tertiary/aromatic N) is 4. The number of aliphatic imine (C=N–C) groups is 1. The van der Waals surface area contributed by atoms with Crippen molar-refractivity contribution in [3.63, 3.8) is 0 Å². The Kier molecular flexibility index (Phi) is 12.4. The molecule has 0 aliphatic rings. The number of thioether (sulfide) groups is 1. The molecule has 0 bridgehead atoms. The molecule has 0 aliphatic heterocycles. The van der Waals surface area contributed by atoms with Gasteiger partial charge in [-0.2, -0.15) is 17.0 Å². The lowest BCUT2D eigenvalue weighted by Gasteiger charge is -2.08. The lowest BCUT2D eigenvalue weighted by atomic mass is 10.1. The molecular weight excluding hydrogens is 510 g/mol. The van der Waals surface area contributed by atoms with Crippen molar-refractivity contribution in [2.45, 2.75) is 24.9 Å². The van der Waals surface area contributed by atoms with E-state index in [-0.39, 0.29) is 5.75 Å². The number of likely N-dealkylation sites (N-methyl/N-ethyl adjacent to an activating group) is 1. The second-order valence-corrected chi connectivity index (χ2v) is 11.5. The third kappa shape index (κ3) is 10.5. The number of hydrogen-bond donors (Lipinski definition) is 5. The van der Waals surface area contributed by atoms with Crippen LogP contribution in [0.3, 0.4) is 0 Å². The summed E-state index contributed by atoms with van der Waals surface area (Å²) < 4.78 is 25.6. The van der Waals surface area contributed by atoms with Gasteiger partial charge in [-0.25, -0.2) is 18.1 Å². The standard InChI is InChI=1S/C14H21N3O2S.C10H16N6S/c1-15-20(18,19)10-11-4-5-14-13(8-11)12(9-16-14)6-7-17(2)3;1-8-9(16-7-15-8)5-17-4-3-13-10(12-2)14-6-11/h4-5,8-9,15-16H,6-7,10H2,1-3H3;7H,3-5H2,1-2H3,(H,15,16)(H2,12,13,14). The summed E-state index contributed by atoms with van der Waals surface area (Å²) in [7, 11) is 3.92. The van der Waals surface area contributed by atoms with Crippen molar-refractivity contribution in [1.29, 1.82) is 5.26 Å². The average molecular weight is 548 g/mol. The quantitative estimate of drug-likeness (QED) is 0.0802. The van der Waals surface area contributed by atoms with Crippen molar-refractivity contribution < 1.29 is 8.42 Å². The highest BCUT2D eigenvalue weighted by Gasteiger charge is 2.11. The van der Waals surface area contributed by atoms with Crippen molar-refractivity contribution in [1.82, 2.24) is 35.2 Å². The summed E-state index contributed by atoms with van der Waals surface area (Å²) in [6.07, 6.45) is 6.48. The first kappa shape index (κ1) is 30.2. The average Bonchev–Trinajstić information content (AvgIpc) is 3.47. The maximum Gasteiger partial charge on any atom is 0.215 e. The molecule has 0 saturated heterocycles. The summed E-state index contributed by atoms with van der Waals surface area (Å²) in [5.74, 6) is 2.33. The summed E-state index contributed by atoms with van der Waals surface area (Å²) >= 11 is 1.79. The molecule has 1 aromatic carbocycles. The number of aromatic amines is 2. The Labute approximate surface area is 223 Å². The van der Waals surface area contributed by atoms with Crippen LogP contribution in [-0.2, 0) is 27.9 Å². The van der Waals surface area contributed by atoms with Crippen LogP contribution < -0.4 is 15.4 Å². The van der Waals surface area contributed by atoms with Crippen LogP contribution in [0.15, 0.2) is 35.7 Å². The molecular formula is C24H37N9O2S2. The van der Waals surface area contributed by atoms with Crippen LogP contribution in [0.1, 0.15) is 22.5 Å². The van der Waals surface area contributed by atoms with Gasteiger partial charge in [0.25, 0.3) is 0 Å². The van der Waals surface area contributed by atoms with Crippen molar-refractivity contribution in [2.75, 3.05) is 47.0 Å². The monoisotopic (exact) mass is 547 g/mol. The number of H-pyrrole nitrogens is 2. The maximum absolute atomic E-state index is 11.6. The SMILES string of the molecule is CN=C(NC#N)NCCSCc1nc[nH]c1C.CNS(=O)(=O)Cc1ccc2[nH]cc(CCN(C)C)c2c1. The van der Waals surface area contributed by atoms with Crippen molar-refractivity contribution >= 4 is 38.6 Å². The van der Waals surface area contributed by atoms with Gasteiger partial charge < -0.3 is 20.2 Å². The van der Waals surface area contributed by atoms with E-state index in [9.17, 15) is 8.42 Å². The zero-order valence-electron chi connectivity index (χ0n) is 22.1. The number of hydrogen-bond acceptors (Lipinski definition) is 7. The number of aromatic nitrogens is 3. The first-order valence-corrected chi connectivity index (χ1v) is 14.6. The van der Waals surface area contributed by atoms with Gasteiger partial charge >= 0.3 is 0 Å². The highest BCUT2D eigenvalue weighted by molar-refractivity contribution is 7.98. The molecule has 3 aromatic rings. The van der Waals surface area contributed by atoms with Crippen molar-refractivity contribution in [3.05, 3.63) is 53.2 Å². The van der Waals surface area contributed by atoms with Gasteiger partial charge in [0.2, 0.25) is 16.0 Å². The molecule has 0 fully saturated rings. The second-order valence-electron chi connectivity index (χ2n) is 8.47. The number of rotatable bonds is 11. The fourth-order valence-electron chi connectivity index (χ4n) is 3.33. The molecule has 2 aromatic heterocycles. The van der Waals surface area contributed by atoms with Crippen molar-refractivity contribution in [3.8, 4) is 6.19 Å². The Morgan fingerprint density at radius 1 is 1.30 bits per heavy atom. The van der Waals surface area contributed by atoms with Gasteiger partial charge in [-0.1, -0.05) is 6.07 Å². The third-order valence-corrected chi connectivity index (χ3v) is 7.74. The summed E-state index contributed by atoms with van der Waals surface area (Å²) in [6.45, 7) is 3.74. The number of guanidine groups is 1. The third-order valence-electron chi connectivity index (χ3n) is 5.44. The van der Waals surface area contributed by atoms with Crippen LogP contribution >= 0.6 is 11.8 Å². The van der Waals surface area contributed by atoms with E-state index in [0.29, 0.717) is 5.96 Å². The Hall–Kier alpha value is -3.05. The first-order valence-electron chi connectivity index (χ1n) is 11.8. The van der Waals surface area contributed by atoms with Crippen LogP contribution in [0.25, 0.3) is 10.9 Å². The van der Waals surface area contributed by atoms with Crippen LogP contribution in [-0.4, -0.2) is 81.3 Å². The summed E-state index contributed by atoms with van der Waals surface area (Å²) in [5.41, 5.74) is 5.28. The molecule has 0 atom stereocenters. The molecule has 0 spiro atoms. The molecule has 13 heteroatoms. The van der Waals surface area contributed by atoms with Gasteiger partial charge in [0.05, 0.1) is 17.8 Å². The molecule has 0 unspecified atom stereocenters. The van der Waals surface area contributed by atoms with Crippen LogP contribution in [0.5, 0.6) is 0 Å². The van der Waals surface area contributed by atoms with E-state index in [1.165, 1.54) is 12.6 Å². The van der Waals surface area contributed by atoms with E-state index in [1.54, 1.807) is 25.1 Å². The topological polar surface area (TPSA) is 154 Å². The molecule has 202 valence electrons. The number of imidazole rings is 1. The van der Waals surface area contributed by atoms with Gasteiger partial charge in [0, 0.05) is 54.4 Å². The lowest BCUT2D eigenvalue weighted by Crippen LogP contribution is -2.35. The Bertz CT molecular complexity index is 1290. The first-order chi connectivity index (χ1) is 17.7. The molecule has 37 heavy (non-hydrogen) atoms. The van der Waals surface area contributed by atoms with Gasteiger partial charge in [-0.3, -0.25) is 10.3 Å². The number of benzene rings is 1. The van der Waals surface area contributed by atoms with Gasteiger partial charge in [0.15, 0.2) is 6.19 Å². The predicted octanol–water partition coefficient (Wildman–Crippen LogP) is 1.92. The number of fused-ring (bicyclic) bond motifs is 1. The van der Waals surface area contributed by atoms with Crippen LogP contribution in [0.2, 0.25) is 0 Å². The van der Waals surface area contributed by atoms with Crippen LogP contribution in [0.4, 0.5) is 0 Å². The summed E-state index contributed by atoms with van der Waals surface area (Å²) in [5, 5.41) is 15.0. The Morgan fingerprint density at radius 2 is 2.08 bits per heavy atom. The van der Waals surface area contributed by atoms with E-state index in [4.69, 9.17) is 5.26 Å². The Balaban J connectivity index is 0.000000264. The number of nitrogens with one attached hydrogen (secondary N) is 5. The van der Waals surface area contributed by atoms with Gasteiger partial charge in [0.1, 0.15) is 0 Å². The maximum atomic E-state index is 11.6. The predicted molar refractivity (Wildman–Crippen MR) is 152 cm³/mol. The fraction of sp³-hybridized carbons (Fsp3) is 0.458. The molecule has 3 rings (SSSR count). The minimum absolute atomic E-state index is 0.0116. The molecule has 0 aliphatic carbocycles. The highest BCUT2D eigenvalue weighted by atomic mass is 32.2. The molecule has 0 radical (unpaired) electrons. The van der Waals surface area contributed by atoms with E-state index in [2.05, 4.69) is 40.2 Å². The summed E-state index contributed by atoms with van der Waals surface area (Å²) in [6, 6.07) is 5.75. The zero-order chi connectivity index (χ0) is 27.3. The van der Waals surface area contributed by atoms with E-state index >= 15 is 0 Å². The summed E-state index contributed by atoms with van der Waals surface area (Å²) in [4.78, 5) is 16.5. The number of nitriles is 1. The van der Waals surface area contributed by atoms with E-state index < -0.39 is 10.0 Å². The fourth-order valence-corrected chi connectivity index (χ4v) is 4.97. The molecule has 5 N–H and O–H groups in total. The minimum Gasteiger partial charge on any atom is -0.361 e. The largest absolute Gasteiger partial charge is 0.361 e. The zero-order valence-corrected chi connectivity index (χ0v) is 23.7. The van der Waals surface area contributed by atoms with Crippen LogP contribution in [0, 0.1) is 18.4 Å². The van der Waals surface area contributed by atoms with Gasteiger partial charge in [-0.15, -0.1) is 0 Å². The molecule has 2 heterocycles. The molecule has 0 amide bonds. The number of sulfonamides is 1. The van der Waals surface area contributed by atoms with E-state index in [1.807, 2.05) is 51.6 Å². The lowest BCUT2D eigenvalue weighted by molar-refractivity contribution is 0.414. The molecule has 0 saturated carbocycles. The minimum atomic E-state index is -3.23. The van der Waals surface area contributed by atoms with E-state index in [0.717, 1.165) is 58.9 Å². The smallest absolute Gasteiger partial charge is 0.215 e. The normalized spacial score (nSPS) is 11.8. The molecule has 11 nitrogen and oxygen atoms in total. The Morgan fingerprint density at radius 3 is 2.70 bits per heavy atom.